The molecule has 100 valence electrons. The van der Waals surface area contributed by atoms with Crippen LogP contribution >= 0.6 is 0 Å². The summed E-state index contributed by atoms with van der Waals surface area (Å²) in [5.41, 5.74) is 2.56. The molecule has 2 aromatic rings. The Balaban J connectivity index is 1.72. The number of nitrogens with zero attached hydrogens (tertiary/aromatic N) is 1. The average molecular weight is 257 g/mol. The van der Waals surface area contributed by atoms with Crippen LogP contribution in [-0.2, 0) is 12.8 Å². The fourth-order valence-corrected chi connectivity index (χ4v) is 2.05. The van der Waals surface area contributed by atoms with Gasteiger partial charge in [0, 0.05) is 13.1 Å². The van der Waals surface area contributed by atoms with Crippen LogP contribution in [0.15, 0.2) is 54.6 Å². The molecule has 0 aliphatic carbocycles. The molecule has 0 aliphatic rings. The van der Waals surface area contributed by atoms with E-state index in [2.05, 4.69) is 36.2 Å². The lowest BCUT2D eigenvalue weighted by atomic mass is 10.1. The number of benzene rings is 2. The van der Waals surface area contributed by atoms with Gasteiger partial charge in [0.25, 0.3) is 0 Å². The summed E-state index contributed by atoms with van der Waals surface area (Å²) < 4.78 is 12.8. The van der Waals surface area contributed by atoms with Gasteiger partial charge in [0.15, 0.2) is 0 Å². The highest BCUT2D eigenvalue weighted by atomic mass is 19.1. The maximum Gasteiger partial charge on any atom is 0.123 e. The van der Waals surface area contributed by atoms with Crippen LogP contribution < -0.4 is 0 Å². The van der Waals surface area contributed by atoms with Crippen LogP contribution in [0.1, 0.15) is 11.1 Å². The van der Waals surface area contributed by atoms with Gasteiger partial charge in [0.2, 0.25) is 0 Å². The number of halogens is 1. The molecule has 0 bridgehead atoms. The highest BCUT2D eigenvalue weighted by Crippen LogP contribution is 2.05. The monoisotopic (exact) mass is 257 g/mol. The van der Waals surface area contributed by atoms with Gasteiger partial charge < -0.3 is 4.90 Å². The van der Waals surface area contributed by atoms with Crippen molar-refractivity contribution in [3.05, 3.63) is 71.5 Å². The molecule has 2 heteroatoms. The van der Waals surface area contributed by atoms with Crippen molar-refractivity contribution in [1.82, 2.24) is 4.90 Å². The summed E-state index contributed by atoms with van der Waals surface area (Å²) in [4.78, 5) is 2.32. The summed E-state index contributed by atoms with van der Waals surface area (Å²) in [6.45, 7) is 2.05. The molecule has 0 heterocycles. The van der Waals surface area contributed by atoms with Crippen molar-refractivity contribution < 1.29 is 4.39 Å². The van der Waals surface area contributed by atoms with Gasteiger partial charge in [-0.15, -0.1) is 0 Å². The second-order valence-corrected chi connectivity index (χ2v) is 4.92. The van der Waals surface area contributed by atoms with E-state index in [0.29, 0.717) is 0 Å². The molecule has 0 saturated carbocycles. The lowest BCUT2D eigenvalue weighted by Gasteiger charge is -2.16. The second kappa shape index (κ2) is 7.05. The standard InChI is InChI=1S/C17H20FN/c1-19(13-11-15-5-3-2-4-6-15)14-12-16-7-9-17(18)10-8-16/h2-10H,11-14H2,1H3. The molecule has 0 spiro atoms. The number of hydrogen-bond donors (Lipinski definition) is 0. The van der Waals surface area contributed by atoms with Gasteiger partial charge in [-0.3, -0.25) is 0 Å². The van der Waals surface area contributed by atoms with Crippen LogP contribution in [0.25, 0.3) is 0 Å². The highest BCUT2D eigenvalue weighted by molar-refractivity contribution is 5.16. The lowest BCUT2D eigenvalue weighted by molar-refractivity contribution is 0.343. The van der Waals surface area contributed by atoms with Gasteiger partial charge in [-0.1, -0.05) is 42.5 Å². The molecule has 0 saturated heterocycles. The minimum atomic E-state index is -0.166. The SMILES string of the molecule is CN(CCc1ccccc1)CCc1ccc(F)cc1. The minimum Gasteiger partial charge on any atom is -0.306 e. The van der Waals surface area contributed by atoms with Crippen LogP contribution in [0.2, 0.25) is 0 Å². The smallest absolute Gasteiger partial charge is 0.123 e. The summed E-state index contributed by atoms with van der Waals surface area (Å²) in [6, 6.07) is 17.3. The van der Waals surface area contributed by atoms with Crippen LogP contribution in [0.3, 0.4) is 0 Å². The highest BCUT2D eigenvalue weighted by Gasteiger charge is 2.00. The molecule has 0 N–H and O–H groups in total. The van der Waals surface area contributed by atoms with Gasteiger partial charge in [-0.05, 0) is 43.1 Å². The third-order valence-corrected chi connectivity index (χ3v) is 3.32. The lowest BCUT2D eigenvalue weighted by Crippen LogP contribution is -2.23. The van der Waals surface area contributed by atoms with E-state index in [4.69, 9.17) is 0 Å². The Morgan fingerprint density at radius 1 is 0.789 bits per heavy atom. The van der Waals surface area contributed by atoms with Gasteiger partial charge >= 0.3 is 0 Å². The maximum absolute atomic E-state index is 12.8. The Morgan fingerprint density at radius 2 is 1.32 bits per heavy atom. The van der Waals surface area contributed by atoms with E-state index in [1.807, 2.05) is 18.2 Å². The van der Waals surface area contributed by atoms with Crippen LogP contribution in [0.4, 0.5) is 4.39 Å². The van der Waals surface area contributed by atoms with E-state index in [1.165, 1.54) is 23.3 Å². The summed E-state index contributed by atoms with van der Waals surface area (Å²) in [5.74, 6) is -0.166. The quantitative estimate of drug-likeness (QED) is 0.765. The van der Waals surface area contributed by atoms with Gasteiger partial charge in [0.1, 0.15) is 5.82 Å². The number of likely N-dealkylation sites (N-methyl/N-ethyl adjacent to an activating group) is 1. The van der Waals surface area contributed by atoms with Crippen molar-refractivity contribution in [2.75, 3.05) is 20.1 Å². The van der Waals surface area contributed by atoms with Crippen LogP contribution in [0.5, 0.6) is 0 Å². The normalized spacial score (nSPS) is 10.9. The molecular weight excluding hydrogens is 237 g/mol. The number of rotatable bonds is 6. The molecule has 0 radical (unpaired) electrons. The summed E-state index contributed by atoms with van der Waals surface area (Å²) in [6.07, 6.45) is 2.03. The second-order valence-electron chi connectivity index (χ2n) is 4.92. The zero-order chi connectivity index (χ0) is 13.5. The van der Waals surface area contributed by atoms with E-state index in [-0.39, 0.29) is 5.82 Å². The molecule has 2 aromatic carbocycles. The Bertz CT molecular complexity index is 478. The predicted molar refractivity (Wildman–Crippen MR) is 77.7 cm³/mol. The van der Waals surface area contributed by atoms with Crippen molar-refractivity contribution in [3.8, 4) is 0 Å². The largest absolute Gasteiger partial charge is 0.306 e. The van der Waals surface area contributed by atoms with E-state index in [9.17, 15) is 4.39 Å². The summed E-state index contributed by atoms with van der Waals surface area (Å²) >= 11 is 0. The first-order valence-electron chi connectivity index (χ1n) is 6.71. The number of hydrogen-bond acceptors (Lipinski definition) is 1. The molecule has 0 unspecified atom stereocenters. The van der Waals surface area contributed by atoms with Crippen molar-refractivity contribution in [2.24, 2.45) is 0 Å². The topological polar surface area (TPSA) is 3.24 Å². The first kappa shape index (κ1) is 13.8. The summed E-state index contributed by atoms with van der Waals surface area (Å²) in [5, 5.41) is 0. The van der Waals surface area contributed by atoms with Crippen molar-refractivity contribution >= 4 is 0 Å². The fraction of sp³-hybridized carbons (Fsp3) is 0.294. The molecule has 1 nitrogen and oxygen atoms in total. The molecule has 0 amide bonds. The molecule has 0 aromatic heterocycles. The van der Waals surface area contributed by atoms with E-state index in [0.717, 1.165) is 25.9 Å². The molecule has 19 heavy (non-hydrogen) atoms. The average Bonchev–Trinajstić information content (AvgIpc) is 2.45. The van der Waals surface area contributed by atoms with Gasteiger partial charge in [0.05, 0.1) is 0 Å². The molecule has 0 atom stereocenters. The Morgan fingerprint density at radius 3 is 1.89 bits per heavy atom. The van der Waals surface area contributed by atoms with Crippen molar-refractivity contribution in [1.29, 1.82) is 0 Å². The molecule has 2 rings (SSSR count). The third kappa shape index (κ3) is 4.84. The molecule has 0 fully saturated rings. The van der Waals surface area contributed by atoms with E-state index < -0.39 is 0 Å². The van der Waals surface area contributed by atoms with Crippen molar-refractivity contribution in [2.45, 2.75) is 12.8 Å². The van der Waals surface area contributed by atoms with E-state index in [1.54, 1.807) is 0 Å². The maximum atomic E-state index is 12.8. The fourth-order valence-electron chi connectivity index (χ4n) is 2.05. The zero-order valence-electron chi connectivity index (χ0n) is 11.3. The van der Waals surface area contributed by atoms with Crippen molar-refractivity contribution in [3.63, 3.8) is 0 Å². The third-order valence-electron chi connectivity index (χ3n) is 3.32. The minimum absolute atomic E-state index is 0.166. The Kier molecular flexibility index (Phi) is 5.10. The van der Waals surface area contributed by atoms with E-state index >= 15 is 0 Å². The molecule has 0 aliphatic heterocycles. The Labute approximate surface area is 114 Å². The zero-order valence-corrected chi connectivity index (χ0v) is 11.3. The molecular formula is C17H20FN. The Hall–Kier alpha value is -1.67. The predicted octanol–water partition coefficient (Wildman–Crippen LogP) is 3.54. The first-order chi connectivity index (χ1) is 9.24. The van der Waals surface area contributed by atoms with Gasteiger partial charge in [-0.25, -0.2) is 4.39 Å². The van der Waals surface area contributed by atoms with Crippen LogP contribution in [0, 0.1) is 5.82 Å². The first-order valence-corrected chi connectivity index (χ1v) is 6.71. The van der Waals surface area contributed by atoms with Crippen LogP contribution in [-0.4, -0.2) is 25.0 Å². The van der Waals surface area contributed by atoms with Gasteiger partial charge in [-0.2, -0.15) is 0 Å². The summed E-state index contributed by atoms with van der Waals surface area (Å²) in [7, 11) is 2.13.